The Morgan fingerprint density at radius 1 is 1.35 bits per heavy atom. The number of rotatable bonds is 4. The van der Waals surface area contributed by atoms with Gasteiger partial charge in [0.2, 0.25) is 0 Å². The van der Waals surface area contributed by atoms with Gasteiger partial charge in [-0.15, -0.1) is 0 Å². The summed E-state index contributed by atoms with van der Waals surface area (Å²) < 4.78 is 27.0. The molecule has 0 unspecified atom stereocenters. The van der Waals surface area contributed by atoms with Crippen LogP contribution in [0.3, 0.4) is 0 Å². The topological polar surface area (TPSA) is 12.0 Å². The van der Waals surface area contributed by atoms with E-state index in [0.29, 0.717) is 12.1 Å². The second-order valence-corrected chi connectivity index (χ2v) is 4.81. The van der Waals surface area contributed by atoms with Crippen molar-refractivity contribution in [1.82, 2.24) is 5.32 Å². The lowest BCUT2D eigenvalue weighted by Gasteiger charge is -2.11. The Hall–Kier alpha value is -1.74. The molecule has 2 rings (SSSR count). The van der Waals surface area contributed by atoms with Crippen LogP contribution in [0.2, 0.25) is 0 Å². The summed E-state index contributed by atoms with van der Waals surface area (Å²) >= 11 is 0. The fourth-order valence-electron chi connectivity index (χ4n) is 2.38. The van der Waals surface area contributed by atoms with E-state index >= 15 is 0 Å². The van der Waals surface area contributed by atoms with E-state index in [0.717, 1.165) is 18.1 Å². The molecule has 0 fully saturated rings. The van der Waals surface area contributed by atoms with E-state index in [1.54, 1.807) is 0 Å². The van der Waals surface area contributed by atoms with Crippen LogP contribution in [0.1, 0.15) is 25.8 Å². The summed E-state index contributed by atoms with van der Waals surface area (Å²) in [5.74, 6) is -0.790. The fraction of sp³-hybridized carbons (Fsp3) is 0.294. The molecule has 1 heterocycles. The first-order valence-electron chi connectivity index (χ1n) is 6.81. The summed E-state index contributed by atoms with van der Waals surface area (Å²) in [6.07, 6.45) is 9.01. The molecule has 0 saturated carbocycles. The van der Waals surface area contributed by atoms with Crippen molar-refractivity contribution < 1.29 is 8.78 Å². The van der Waals surface area contributed by atoms with Crippen LogP contribution in [0.4, 0.5) is 8.78 Å². The lowest BCUT2D eigenvalue weighted by atomic mass is 10.0. The highest BCUT2D eigenvalue weighted by molar-refractivity contribution is 5.71. The minimum Gasteiger partial charge on any atom is -0.303 e. The Morgan fingerprint density at radius 2 is 2.15 bits per heavy atom. The number of allylic oxidation sites excluding steroid dienone is 3. The zero-order chi connectivity index (χ0) is 14.5. The fourth-order valence-corrected chi connectivity index (χ4v) is 2.38. The van der Waals surface area contributed by atoms with Crippen LogP contribution in [0, 0.1) is 11.6 Å². The summed E-state index contributed by atoms with van der Waals surface area (Å²) in [6, 6.07) is 3.67. The molecule has 0 aliphatic carbocycles. The molecule has 1 atom stereocenters. The first-order chi connectivity index (χ1) is 9.65. The van der Waals surface area contributed by atoms with Crippen LogP contribution in [0.25, 0.3) is 5.57 Å². The van der Waals surface area contributed by atoms with Crippen molar-refractivity contribution in [2.75, 3.05) is 6.54 Å². The number of nitrogens with one attached hydrogen (secondary N) is 1. The van der Waals surface area contributed by atoms with Crippen LogP contribution in [0.5, 0.6) is 0 Å². The molecule has 1 nitrogen and oxygen atoms in total. The molecule has 1 aromatic carbocycles. The van der Waals surface area contributed by atoms with Gasteiger partial charge in [-0.2, -0.15) is 0 Å². The second-order valence-electron chi connectivity index (χ2n) is 4.81. The SMILES string of the molecule is C/C=C\C/C(=C\C)[C@@H]1C=C(c2cc(F)ccc2F)CN1. The summed E-state index contributed by atoms with van der Waals surface area (Å²) in [5, 5.41) is 3.33. The van der Waals surface area contributed by atoms with E-state index in [2.05, 4.69) is 17.5 Å². The zero-order valence-electron chi connectivity index (χ0n) is 11.8. The Balaban J connectivity index is 2.23. The maximum Gasteiger partial charge on any atom is 0.130 e. The average Bonchev–Trinajstić information content (AvgIpc) is 2.92. The number of hydrogen-bond donors (Lipinski definition) is 1. The molecular weight excluding hydrogens is 256 g/mol. The number of halogens is 2. The van der Waals surface area contributed by atoms with Gasteiger partial charge in [-0.1, -0.05) is 24.3 Å². The maximum absolute atomic E-state index is 13.8. The monoisotopic (exact) mass is 275 g/mol. The van der Waals surface area contributed by atoms with Gasteiger partial charge in [-0.25, -0.2) is 8.78 Å². The minimum atomic E-state index is -0.411. The Labute approximate surface area is 118 Å². The standard InChI is InChI=1S/C17H19F2N/c1-3-5-6-12(4-2)17-9-13(11-20-17)15-10-14(18)7-8-16(15)19/h3-5,7-10,17,20H,6,11H2,1-2H3/b5-3-,12-4+/t17-/m0/s1. The minimum absolute atomic E-state index is 0.0915. The molecular formula is C17H19F2N. The third kappa shape index (κ3) is 3.23. The predicted octanol–water partition coefficient (Wildman–Crippen LogP) is 4.23. The van der Waals surface area contributed by atoms with Gasteiger partial charge in [0.1, 0.15) is 11.6 Å². The summed E-state index contributed by atoms with van der Waals surface area (Å²) in [6.45, 7) is 4.53. The first-order valence-corrected chi connectivity index (χ1v) is 6.81. The van der Waals surface area contributed by atoms with Crippen LogP contribution in [0.15, 0.2) is 48.1 Å². The van der Waals surface area contributed by atoms with E-state index < -0.39 is 5.82 Å². The predicted molar refractivity (Wildman–Crippen MR) is 79.3 cm³/mol. The van der Waals surface area contributed by atoms with Crippen LogP contribution in [-0.4, -0.2) is 12.6 Å². The van der Waals surface area contributed by atoms with Gasteiger partial charge in [-0.05, 0) is 49.6 Å². The molecule has 0 aromatic heterocycles. The van der Waals surface area contributed by atoms with Gasteiger partial charge in [-0.3, -0.25) is 0 Å². The highest BCUT2D eigenvalue weighted by Gasteiger charge is 2.20. The van der Waals surface area contributed by atoms with E-state index in [1.165, 1.54) is 17.7 Å². The highest BCUT2D eigenvalue weighted by atomic mass is 19.1. The van der Waals surface area contributed by atoms with Crippen molar-refractivity contribution in [2.45, 2.75) is 26.3 Å². The average molecular weight is 275 g/mol. The lowest BCUT2D eigenvalue weighted by Crippen LogP contribution is -2.24. The normalized spacial score (nSPS) is 19.7. The Morgan fingerprint density at radius 3 is 2.85 bits per heavy atom. The van der Waals surface area contributed by atoms with Gasteiger partial charge < -0.3 is 5.32 Å². The molecule has 1 aliphatic heterocycles. The highest BCUT2D eigenvalue weighted by Crippen LogP contribution is 2.25. The molecule has 20 heavy (non-hydrogen) atoms. The molecule has 0 bridgehead atoms. The van der Waals surface area contributed by atoms with Gasteiger partial charge in [0.15, 0.2) is 0 Å². The largest absolute Gasteiger partial charge is 0.303 e. The van der Waals surface area contributed by atoms with E-state index in [-0.39, 0.29) is 11.9 Å². The van der Waals surface area contributed by atoms with E-state index in [4.69, 9.17) is 0 Å². The number of hydrogen-bond acceptors (Lipinski definition) is 1. The van der Waals surface area contributed by atoms with Crippen molar-refractivity contribution in [2.24, 2.45) is 0 Å². The molecule has 1 aromatic rings. The third-order valence-corrected chi connectivity index (χ3v) is 3.51. The molecule has 0 radical (unpaired) electrons. The molecule has 3 heteroatoms. The summed E-state index contributed by atoms with van der Waals surface area (Å²) in [4.78, 5) is 0. The van der Waals surface area contributed by atoms with Crippen molar-refractivity contribution in [3.63, 3.8) is 0 Å². The Kier molecular flexibility index (Phi) is 4.85. The zero-order valence-corrected chi connectivity index (χ0v) is 11.8. The molecule has 0 saturated heterocycles. The van der Waals surface area contributed by atoms with Crippen LogP contribution >= 0.6 is 0 Å². The molecule has 1 N–H and O–H groups in total. The smallest absolute Gasteiger partial charge is 0.130 e. The number of benzene rings is 1. The molecule has 106 valence electrons. The van der Waals surface area contributed by atoms with E-state index in [1.807, 2.05) is 26.0 Å². The summed E-state index contributed by atoms with van der Waals surface area (Å²) in [7, 11) is 0. The second kappa shape index (κ2) is 6.62. The first kappa shape index (κ1) is 14.7. The van der Waals surface area contributed by atoms with Gasteiger partial charge in [0, 0.05) is 18.2 Å². The quantitative estimate of drug-likeness (QED) is 0.811. The van der Waals surface area contributed by atoms with Crippen molar-refractivity contribution >= 4 is 5.57 Å². The van der Waals surface area contributed by atoms with Crippen molar-refractivity contribution in [3.8, 4) is 0 Å². The lowest BCUT2D eigenvalue weighted by molar-refractivity contribution is 0.596. The van der Waals surface area contributed by atoms with Gasteiger partial charge >= 0.3 is 0 Å². The third-order valence-electron chi connectivity index (χ3n) is 3.51. The summed E-state index contributed by atoms with van der Waals surface area (Å²) in [5.41, 5.74) is 2.39. The van der Waals surface area contributed by atoms with Crippen molar-refractivity contribution in [3.05, 3.63) is 65.3 Å². The molecule has 1 aliphatic rings. The van der Waals surface area contributed by atoms with E-state index in [9.17, 15) is 8.78 Å². The maximum atomic E-state index is 13.8. The van der Waals surface area contributed by atoms with Gasteiger partial charge in [0.25, 0.3) is 0 Å². The molecule has 0 amide bonds. The van der Waals surface area contributed by atoms with Crippen molar-refractivity contribution in [1.29, 1.82) is 0 Å². The van der Waals surface area contributed by atoms with Crippen LogP contribution in [-0.2, 0) is 0 Å². The Bertz CT molecular complexity index is 570. The van der Waals surface area contributed by atoms with Crippen LogP contribution < -0.4 is 5.32 Å². The van der Waals surface area contributed by atoms with Gasteiger partial charge in [0.05, 0.1) is 0 Å². The molecule has 0 spiro atoms.